The van der Waals surface area contributed by atoms with E-state index in [4.69, 9.17) is 16.7 Å². The molecule has 0 fully saturated rings. The quantitative estimate of drug-likeness (QED) is 0.574. The second-order valence-electron chi connectivity index (χ2n) is 3.81. The van der Waals surface area contributed by atoms with Gasteiger partial charge >= 0.3 is 5.97 Å². The van der Waals surface area contributed by atoms with Gasteiger partial charge in [-0.25, -0.2) is 9.78 Å². The lowest BCUT2D eigenvalue weighted by Crippen LogP contribution is -2.03. The lowest BCUT2D eigenvalue weighted by atomic mass is 10.3. The number of carboxylic acid groups (broad SMARTS) is 1. The van der Waals surface area contributed by atoms with Crippen molar-refractivity contribution in [1.82, 2.24) is 4.98 Å². The van der Waals surface area contributed by atoms with Gasteiger partial charge in [-0.1, -0.05) is 22.9 Å². The van der Waals surface area contributed by atoms with Crippen LogP contribution in [0, 0.1) is 3.57 Å². The van der Waals surface area contributed by atoms with Gasteiger partial charge in [0.05, 0.1) is 5.69 Å². The molecule has 1 heterocycles. The van der Waals surface area contributed by atoms with Crippen molar-refractivity contribution >= 4 is 68.1 Å². The summed E-state index contributed by atoms with van der Waals surface area (Å²) in [5.41, 5.74) is 0.518. The van der Waals surface area contributed by atoms with E-state index in [1.807, 2.05) is 0 Å². The van der Waals surface area contributed by atoms with Crippen LogP contribution in [0.15, 0.2) is 18.2 Å². The van der Waals surface area contributed by atoms with Crippen LogP contribution in [0.5, 0.6) is 0 Å². The Kier molecular flexibility index (Phi) is 4.61. The van der Waals surface area contributed by atoms with Crippen molar-refractivity contribution in [3.8, 4) is 0 Å². The molecule has 2 rings (SSSR count). The summed E-state index contributed by atoms with van der Waals surface area (Å²) in [7, 11) is 0. The number of thiazole rings is 1. The van der Waals surface area contributed by atoms with Gasteiger partial charge in [-0.2, -0.15) is 0 Å². The Bertz CT molecular complexity index is 671. The number of nitrogens with one attached hydrogen (secondary N) is 1. The average Bonchev–Trinajstić information content (AvgIpc) is 2.77. The molecule has 0 radical (unpaired) electrons. The van der Waals surface area contributed by atoms with E-state index < -0.39 is 5.97 Å². The van der Waals surface area contributed by atoms with Gasteiger partial charge in [0.25, 0.3) is 0 Å². The van der Waals surface area contributed by atoms with E-state index in [0.717, 1.165) is 20.6 Å². The molecule has 8 heteroatoms. The summed E-state index contributed by atoms with van der Waals surface area (Å²) in [5.74, 6) is -1.54. The summed E-state index contributed by atoms with van der Waals surface area (Å²) in [5, 5.41) is 13.0. The summed E-state index contributed by atoms with van der Waals surface area (Å²) < 4.78 is 0.867. The van der Waals surface area contributed by atoms with Crippen molar-refractivity contribution in [2.75, 3.05) is 5.32 Å². The van der Waals surface area contributed by atoms with Crippen LogP contribution in [0.4, 0.5) is 10.8 Å². The molecule has 2 N–H and O–H groups in total. The maximum atomic E-state index is 11.4. The van der Waals surface area contributed by atoms with Gasteiger partial charge in [0.1, 0.15) is 4.88 Å². The number of aromatic nitrogens is 1. The summed E-state index contributed by atoms with van der Waals surface area (Å²) >= 11 is 8.98. The number of carbonyl (C=O) groups excluding carboxylic acids is 1. The summed E-state index contributed by atoms with van der Waals surface area (Å²) in [6.07, 6.45) is 0. The van der Waals surface area contributed by atoms with Crippen LogP contribution in [0.3, 0.4) is 0 Å². The summed E-state index contributed by atoms with van der Waals surface area (Å²) in [6.45, 7) is 1.32. The highest BCUT2D eigenvalue weighted by Gasteiger charge is 2.20. The van der Waals surface area contributed by atoms with Crippen LogP contribution < -0.4 is 5.32 Å². The molecule has 0 saturated carbocycles. The second-order valence-corrected chi connectivity index (χ2v) is 6.40. The number of aromatic carboxylic acids is 1. The second kappa shape index (κ2) is 6.06. The Labute approximate surface area is 137 Å². The third-order valence-electron chi connectivity index (χ3n) is 2.32. The number of anilines is 2. The van der Waals surface area contributed by atoms with Crippen molar-refractivity contribution in [1.29, 1.82) is 0 Å². The maximum Gasteiger partial charge on any atom is 0.356 e. The lowest BCUT2D eigenvalue weighted by molar-refractivity contribution is 0.0687. The maximum absolute atomic E-state index is 11.4. The van der Waals surface area contributed by atoms with Crippen molar-refractivity contribution in [2.24, 2.45) is 0 Å². The zero-order valence-corrected chi connectivity index (χ0v) is 13.8. The minimum atomic E-state index is -1.22. The molecule has 0 aliphatic rings. The predicted molar refractivity (Wildman–Crippen MR) is 86.5 cm³/mol. The summed E-state index contributed by atoms with van der Waals surface area (Å²) in [6, 6.07) is 5.24. The molecular weight excluding hydrogens is 415 g/mol. The first-order chi connectivity index (χ1) is 9.38. The number of benzene rings is 1. The molecular formula is C12H8ClIN2O3S. The normalized spacial score (nSPS) is 10.3. The van der Waals surface area contributed by atoms with Crippen LogP contribution in [0.1, 0.15) is 27.1 Å². The minimum absolute atomic E-state index is 0.129. The van der Waals surface area contributed by atoms with Crippen molar-refractivity contribution < 1.29 is 14.7 Å². The monoisotopic (exact) mass is 422 g/mol. The Hall–Kier alpha value is -1.19. The van der Waals surface area contributed by atoms with E-state index >= 15 is 0 Å². The Morgan fingerprint density at radius 2 is 2.15 bits per heavy atom. The first-order valence-corrected chi connectivity index (χ1v) is 7.63. The van der Waals surface area contributed by atoms with Gasteiger partial charge in [-0.3, -0.25) is 4.79 Å². The topological polar surface area (TPSA) is 79.3 Å². The fourth-order valence-electron chi connectivity index (χ4n) is 1.46. The van der Waals surface area contributed by atoms with Gasteiger partial charge < -0.3 is 10.4 Å². The molecule has 1 aromatic carbocycles. The molecule has 2 aromatic rings. The zero-order chi connectivity index (χ0) is 14.9. The Morgan fingerprint density at radius 1 is 1.45 bits per heavy atom. The van der Waals surface area contributed by atoms with Gasteiger partial charge in [0.2, 0.25) is 0 Å². The number of Topliss-reactive ketones (excluding diaryl/α,β-unsaturated/α-hetero) is 1. The smallest absolute Gasteiger partial charge is 0.356 e. The van der Waals surface area contributed by atoms with E-state index in [1.165, 1.54) is 6.92 Å². The number of carboxylic acids is 1. The molecule has 0 atom stereocenters. The standard InChI is InChI=1S/C12H8ClIN2O3S/c1-5(17)10-9(11(18)19)16-12(20-10)15-8-3-2-6(13)4-7(8)14/h2-4H,1H3,(H,15,16)(H,18,19). The highest BCUT2D eigenvalue weighted by molar-refractivity contribution is 14.1. The molecule has 1 aromatic heterocycles. The molecule has 0 bridgehead atoms. The molecule has 0 amide bonds. The fourth-order valence-corrected chi connectivity index (χ4v) is 3.33. The molecule has 20 heavy (non-hydrogen) atoms. The third-order valence-corrected chi connectivity index (χ3v) is 4.52. The number of ketones is 1. The largest absolute Gasteiger partial charge is 0.476 e. The number of halogens is 2. The number of carbonyl (C=O) groups is 2. The molecule has 5 nitrogen and oxygen atoms in total. The Balaban J connectivity index is 2.37. The average molecular weight is 423 g/mol. The zero-order valence-electron chi connectivity index (χ0n) is 10.1. The Morgan fingerprint density at radius 3 is 2.65 bits per heavy atom. The van der Waals surface area contributed by atoms with Crippen LogP contribution >= 0.6 is 45.5 Å². The van der Waals surface area contributed by atoms with Crippen molar-refractivity contribution in [3.05, 3.63) is 37.4 Å². The van der Waals surface area contributed by atoms with Crippen LogP contribution in [0.2, 0.25) is 5.02 Å². The number of nitrogens with zero attached hydrogens (tertiary/aromatic N) is 1. The molecule has 0 saturated heterocycles. The van der Waals surface area contributed by atoms with E-state index in [0.29, 0.717) is 10.2 Å². The van der Waals surface area contributed by atoms with E-state index in [1.54, 1.807) is 18.2 Å². The van der Waals surface area contributed by atoms with Gasteiger partial charge in [0.15, 0.2) is 16.6 Å². The van der Waals surface area contributed by atoms with Crippen molar-refractivity contribution in [2.45, 2.75) is 6.92 Å². The first-order valence-electron chi connectivity index (χ1n) is 5.35. The predicted octanol–water partition coefficient (Wildman–Crippen LogP) is 4.05. The van der Waals surface area contributed by atoms with E-state index in [-0.39, 0.29) is 16.4 Å². The third kappa shape index (κ3) is 3.28. The van der Waals surface area contributed by atoms with Gasteiger partial charge in [-0.15, -0.1) is 0 Å². The molecule has 0 aliphatic heterocycles. The highest BCUT2D eigenvalue weighted by Crippen LogP contribution is 2.30. The molecule has 0 spiro atoms. The van der Waals surface area contributed by atoms with E-state index in [2.05, 4.69) is 32.9 Å². The molecule has 0 aliphatic carbocycles. The lowest BCUT2D eigenvalue weighted by Gasteiger charge is -2.05. The SMILES string of the molecule is CC(=O)c1sc(Nc2ccc(Cl)cc2I)nc1C(=O)O. The van der Waals surface area contributed by atoms with E-state index in [9.17, 15) is 9.59 Å². The highest BCUT2D eigenvalue weighted by atomic mass is 127. The fraction of sp³-hybridized carbons (Fsp3) is 0.0833. The number of rotatable bonds is 4. The number of hydrogen-bond acceptors (Lipinski definition) is 5. The van der Waals surface area contributed by atoms with Gasteiger partial charge in [-0.05, 0) is 40.8 Å². The van der Waals surface area contributed by atoms with Crippen LogP contribution in [-0.2, 0) is 0 Å². The minimum Gasteiger partial charge on any atom is -0.476 e. The van der Waals surface area contributed by atoms with Gasteiger partial charge in [0, 0.05) is 15.5 Å². The summed E-state index contributed by atoms with van der Waals surface area (Å²) in [4.78, 5) is 26.5. The number of hydrogen-bond donors (Lipinski definition) is 2. The van der Waals surface area contributed by atoms with Crippen molar-refractivity contribution in [3.63, 3.8) is 0 Å². The first kappa shape index (κ1) is 15.2. The molecule has 0 unspecified atom stereocenters. The van der Waals surface area contributed by atoms with Crippen LogP contribution in [0.25, 0.3) is 0 Å². The molecule has 104 valence electrons. The van der Waals surface area contributed by atoms with Crippen LogP contribution in [-0.4, -0.2) is 21.8 Å².